The fraction of sp³-hybridized carbons (Fsp3) is 0.0556. The number of rotatable bonds is 2. The average Bonchev–Trinajstić information content (AvgIpc) is 2.47. The van der Waals surface area contributed by atoms with Crippen molar-refractivity contribution in [3.63, 3.8) is 0 Å². The number of aryl methyl sites for hydroxylation is 1. The number of hydrogen-bond acceptors (Lipinski definition) is 1. The number of carbonyl (C=O) groups is 1. The summed E-state index contributed by atoms with van der Waals surface area (Å²) in [4.78, 5) is 12.1. The average molecular weight is 279 g/mol. The van der Waals surface area contributed by atoms with E-state index >= 15 is 0 Å². The van der Waals surface area contributed by atoms with E-state index in [1.54, 1.807) is 13.0 Å². The van der Waals surface area contributed by atoms with Crippen LogP contribution in [0.4, 0.5) is 10.1 Å². The standard InChI is InChI=1S/C18H14FNO/c1-12-6-9-16(17(19)10-12)18(21)20-15-8-7-13-4-2-3-5-14(13)11-15/h2-11H,1H3,(H,20,21). The molecule has 0 aliphatic rings. The molecule has 0 unspecified atom stereocenters. The molecule has 3 rings (SSSR count). The summed E-state index contributed by atoms with van der Waals surface area (Å²) in [5.74, 6) is -0.948. The van der Waals surface area contributed by atoms with Gasteiger partial charge in [-0.1, -0.05) is 36.4 Å². The van der Waals surface area contributed by atoms with Crippen LogP contribution in [-0.2, 0) is 0 Å². The van der Waals surface area contributed by atoms with Crippen molar-refractivity contribution in [3.8, 4) is 0 Å². The van der Waals surface area contributed by atoms with Crippen LogP contribution < -0.4 is 5.32 Å². The number of anilines is 1. The van der Waals surface area contributed by atoms with Crippen LogP contribution in [0.25, 0.3) is 10.8 Å². The second-order valence-electron chi connectivity index (χ2n) is 5.00. The van der Waals surface area contributed by atoms with Gasteiger partial charge >= 0.3 is 0 Å². The van der Waals surface area contributed by atoms with E-state index in [0.717, 1.165) is 16.3 Å². The molecule has 21 heavy (non-hydrogen) atoms. The number of benzene rings is 3. The number of halogens is 1. The Hall–Kier alpha value is -2.68. The number of fused-ring (bicyclic) bond motifs is 1. The van der Waals surface area contributed by atoms with Gasteiger partial charge in [-0.05, 0) is 47.5 Å². The minimum Gasteiger partial charge on any atom is -0.322 e. The molecular formula is C18H14FNO. The maximum absolute atomic E-state index is 13.8. The van der Waals surface area contributed by atoms with Crippen LogP contribution in [0.2, 0.25) is 0 Å². The van der Waals surface area contributed by atoms with Gasteiger partial charge in [0.05, 0.1) is 5.56 Å². The summed E-state index contributed by atoms with van der Waals surface area (Å²) in [6.07, 6.45) is 0. The molecule has 0 bridgehead atoms. The minimum absolute atomic E-state index is 0.0498. The third-order valence-corrected chi connectivity index (χ3v) is 3.38. The molecular weight excluding hydrogens is 265 g/mol. The highest BCUT2D eigenvalue weighted by atomic mass is 19.1. The molecule has 1 N–H and O–H groups in total. The van der Waals surface area contributed by atoms with E-state index in [-0.39, 0.29) is 5.56 Å². The monoisotopic (exact) mass is 279 g/mol. The van der Waals surface area contributed by atoms with E-state index < -0.39 is 11.7 Å². The molecule has 0 heterocycles. The zero-order chi connectivity index (χ0) is 14.8. The maximum atomic E-state index is 13.8. The third-order valence-electron chi connectivity index (χ3n) is 3.38. The normalized spacial score (nSPS) is 10.6. The van der Waals surface area contributed by atoms with Crippen LogP contribution in [0.1, 0.15) is 15.9 Å². The molecule has 0 fully saturated rings. The van der Waals surface area contributed by atoms with Gasteiger partial charge in [-0.2, -0.15) is 0 Å². The molecule has 0 aliphatic heterocycles. The quantitative estimate of drug-likeness (QED) is 0.733. The van der Waals surface area contributed by atoms with Gasteiger partial charge < -0.3 is 5.32 Å². The zero-order valence-electron chi connectivity index (χ0n) is 11.6. The van der Waals surface area contributed by atoms with Gasteiger partial charge in [0.25, 0.3) is 5.91 Å². The van der Waals surface area contributed by atoms with Crippen molar-refractivity contribution in [1.82, 2.24) is 0 Å². The van der Waals surface area contributed by atoms with Gasteiger partial charge in [-0.3, -0.25) is 4.79 Å². The Morgan fingerprint density at radius 1 is 0.952 bits per heavy atom. The van der Waals surface area contributed by atoms with Gasteiger partial charge in [-0.15, -0.1) is 0 Å². The molecule has 3 aromatic carbocycles. The van der Waals surface area contributed by atoms with Crippen LogP contribution in [0.3, 0.4) is 0 Å². The van der Waals surface area contributed by atoms with E-state index in [2.05, 4.69) is 5.32 Å². The van der Waals surface area contributed by atoms with Crippen molar-refractivity contribution in [1.29, 1.82) is 0 Å². The van der Waals surface area contributed by atoms with Crippen LogP contribution >= 0.6 is 0 Å². The molecule has 3 aromatic rings. The highest BCUT2D eigenvalue weighted by Gasteiger charge is 2.11. The summed E-state index contributed by atoms with van der Waals surface area (Å²) in [7, 11) is 0. The van der Waals surface area contributed by atoms with Gasteiger partial charge in [0.1, 0.15) is 5.82 Å². The Kier molecular flexibility index (Phi) is 3.40. The number of hydrogen-bond donors (Lipinski definition) is 1. The maximum Gasteiger partial charge on any atom is 0.258 e. The first-order valence-corrected chi connectivity index (χ1v) is 6.70. The Balaban J connectivity index is 1.89. The summed E-state index contributed by atoms with van der Waals surface area (Å²) < 4.78 is 13.8. The summed E-state index contributed by atoms with van der Waals surface area (Å²) >= 11 is 0. The van der Waals surface area contributed by atoms with Crippen molar-refractivity contribution in [2.75, 3.05) is 5.32 Å². The summed E-state index contributed by atoms with van der Waals surface area (Å²) in [5, 5.41) is 4.85. The predicted molar refractivity (Wildman–Crippen MR) is 83.0 cm³/mol. The summed E-state index contributed by atoms with van der Waals surface area (Å²) in [5.41, 5.74) is 1.49. The van der Waals surface area contributed by atoms with Crippen molar-refractivity contribution >= 4 is 22.4 Å². The van der Waals surface area contributed by atoms with Crippen LogP contribution in [0.15, 0.2) is 60.7 Å². The Bertz CT molecular complexity index is 826. The zero-order valence-corrected chi connectivity index (χ0v) is 11.6. The third kappa shape index (κ3) is 2.77. The second-order valence-corrected chi connectivity index (χ2v) is 5.00. The molecule has 0 radical (unpaired) electrons. The molecule has 0 saturated carbocycles. The molecule has 0 aromatic heterocycles. The van der Waals surface area contributed by atoms with Crippen LogP contribution in [-0.4, -0.2) is 5.91 Å². The summed E-state index contributed by atoms with van der Waals surface area (Å²) in [6, 6.07) is 18.1. The van der Waals surface area contributed by atoms with Gasteiger partial charge in [0.2, 0.25) is 0 Å². The number of nitrogens with one attached hydrogen (secondary N) is 1. The SMILES string of the molecule is Cc1ccc(C(=O)Nc2ccc3ccccc3c2)c(F)c1. The van der Waals surface area contributed by atoms with Crippen molar-refractivity contribution < 1.29 is 9.18 Å². The van der Waals surface area contributed by atoms with E-state index in [0.29, 0.717) is 5.69 Å². The molecule has 0 saturated heterocycles. The topological polar surface area (TPSA) is 29.1 Å². The fourth-order valence-corrected chi connectivity index (χ4v) is 2.27. The van der Waals surface area contributed by atoms with E-state index in [1.807, 2.05) is 42.5 Å². The van der Waals surface area contributed by atoms with Crippen molar-refractivity contribution in [3.05, 3.63) is 77.6 Å². The fourth-order valence-electron chi connectivity index (χ4n) is 2.27. The lowest BCUT2D eigenvalue weighted by Crippen LogP contribution is -2.13. The van der Waals surface area contributed by atoms with Crippen molar-refractivity contribution in [2.24, 2.45) is 0 Å². The minimum atomic E-state index is -0.506. The first-order valence-electron chi connectivity index (χ1n) is 6.70. The molecule has 2 nitrogen and oxygen atoms in total. The first-order chi connectivity index (χ1) is 10.1. The second kappa shape index (κ2) is 5.37. The molecule has 0 spiro atoms. The predicted octanol–water partition coefficient (Wildman–Crippen LogP) is 4.54. The van der Waals surface area contributed by atoms with Gasteiger partial charge in [0.15, 0.2) is 0 Å². The number of carbonyl (C=O) groups excluding carboxylic acids is 1. The number of amides is 1. The Morgan fingerprint density at radius 3 is 2.48 bits per heavy atom. The van der Waals surface area contributed by atoms with Crippen molar-refractivity contribution in [2.45, 2.75) is 6.92 Å². The summed E-state index contributed by atoms with van der Waals surface area (Å²) in [6.45, 7) is 1.79. The van der Waals surface area contributed by atoms with Crippen LogP contribution in [0, 0.1) is 12.7 Å². The molecule has 3 heteroatoms. The lowest BCUT2D eigenvalue weighted by atomic mass is 10.1. The van der Waals surface area contributed by atoms with Gasteiger partial charge in [-0.25, -0.2) is 4.39 Å². The largest absolute Gasteiger partial charge is 0.322 e. The molecule has 104 valence electrons. The Labute approximate surface area is 122 Å². The smallest absolute Gasteiger partial charge is 0.258 e. The highest BCUT2D eigenvalue weighted by molar-refractivity contribution is 6.05. The van der Waals surface area contributed by atoms with Crippen LogP contribution in [0.5, 0.6) is 0 Å². The van der Waals surface area contributed by atoms with Gasteiger partial charge in [0, 0.05) is 5.69 Å². The first kappa shape index (κ1) is 13.3. The molecule has 0 aliphatic carbocycles. The molecule has 1 amide bonds. The Morgan fingerprint density at radius 2 is 1.71 bits per heavy atom. The van der Waals surface area contributed by atoms with E-state index in [1.165, 1.54) is 12.1 Å². The van der Waals surface area contributed by atoms with E-state index in [9.17, 15) is 9.18 Å². The highest BCUT2D eigenvalue weighted by Crippen LogP contribution is 2.20. The lowest BCUT2D eigenvalue weighted by Gasteiger charge is -2.08. The van der Waals surface area contributed by atoms with E-state index in [4.69, 9.17) is 0 Å². The lowest BCUT2D eigenvalue weighted by molar-refractivity contribution is 0.102. The molecule has 0 atom stereocenters.